The van der Waals surface area contributed by atoms with Gasteiger partial charge >= 0.3 is 0 Å². The molecule has 0 aliphatic rings. The molecule has 4 heteroatoms. The van der Waals surface area contributed by atoms with Crippen LogP contribution in [0.25, 0.3) is 0 Å². The van der Waals surface area contributed by atoms with Crippen LogP contribution in [0.3, 0.4) is 0 Å². The maximum Gasteiger partial charge on any atom is 0.203 e. The Morgan fingerprint density at radius 2 is 1.38 bits per heavy atom. The van der Waals surface area contributed by atoms with Crippen LogP contribution in [0.4, 0.5) is 8.78 Å². The molecule has 0 aromatic carbocycles. The minimum atomic E-state index is -1.15. The molecule has 0 rings (SSSR count). The number of rotatable bonds is 14. The zero-order valence-electron chi connectivity index (χ0n) is 15.8. The van der Waals surface area contributed by atoms with Crippen LogP contribution in [0.1, 0.15) is 66.2 Å². The molecule has 24 heavy (non-hydrogen) atoms. The van der Waals surface area contributed by atoms with E-state index < -0.39 is 11.7 Å². The van der Waals surface area contributed by atoms with Crippen molar-refractivity contribution in [1.29, 1.82) is 0 Å². The lowest BCUT2D eigenvalue weighted by Gasteiger charge is -2.19. The van der Waals surface area contributed by atoms with Crippen molar-refractivity contribution in [2.75, 3.05) is 13.2 Å². The fourth-order valence-corrected chi connectivity index (χ4v) is 2.64. The van der Waals surface area contributed by atoms with Crippen LogP contribution >= 0.6 is 0 Å². The fraction of sp³-hybridized carbons (Fsp3) is 0.700. The highest BCUT2D eigenvalue weighted by molar-refractivity contribution is 5.29. The Kier molecular flexibility index (Phi) is 12.3. The molecule has 0 fully saturated rings. The molecule has 0 aliphatic carbocycles. The molecule has 140 valence electrons. The molecular formula is C20H34F2O2. The number of hydrogen-bond donors (Lipinski definition) is 0. The van der Waals surface area contributed by atoms with Crippen LogP contribution in [-0.2, 0) is 9.47 Å². The summed E-state index contributed by atoms with van der Waals surface area (Å²) in [6.45, 7) is 15.6. The van der Waals surface area contributed by atoms with Gasteiger partial charge in [-0.1, -0.05) is 59.6 Å². The van der Waals surface area contributed by atoms with E-state index in [1.54, 1.807) is 6.92 Å². The second-order valence-corrected chi connectivity index (χ2v) is 6.34. The summed E-state index contributed by atoms with van der Waals surface area (Å²) in [4.78, 5) is 0. The van der Waals surface area contributed by atoms with Crippen molar-refractivity contribution < 1.29 is 18.3 Å². The van der Waals surface area contributed by atoms with Gasteiger partial charge in [0.05, 0.1) is 13.2 Å². The number of hydrogen-bond acceptors (Lipinski definition) is 2. The molecule has 0 aromatic heterocycles. The predicted molar refractivity (Wildman–Crippen MR) is 96.8 cm³/mol. The van der Waals surface area contributed by atoms with E-state index in [-0.39, 0.29) is 18.1 Å². The van der Waals surface area contributed by atoms with E-state index in [1.165, 1.54) is 12.8 Å². The van der Waals surface area contributed by atoms with E-state index >= 15 is 0 Å². The summed E-state index contributed by atoms with van der Waals surface area (Å²) in [7, 11) is 0. The predicted octanol–water partition coefficient (Wildman–Crippen LogP) is 6.85. The first-order valence-electron chi connectivity index (χ1n) is 9.06. The number of allylic oxidation sites excluding steroid dienone is 2. The summed E-state index contributed by atoms with van der Waals surface area (Å²) in [5, 5.41) is 0. The molecule has 0 aliphatic heterocycles. The molecule has 0 spiro atoms. The van der Waals surface area contributed by atoms with Gasteiger partial charge in [-0.05, 0) is 31.6 Å². The standard InChI is InChI=1S/C20H34F2O2/c1-7-10-15(4)12-13-18(11-8-2)14-24-17(6)20(22)19(21)16(5)23-9-3/h15,18H,5-14H2,1-4H3/b20-19-. The Morgan fingerprint density at radius 1 is 0.833 bits per heavy atom. The summed E-state index contributed by atoms with van der Waals surface area (Å²) in [6.07, 6.45) is 6.60. The Balaban J connectivity index is 4.54. The molecule has 2 nitrogen and oxygen atoms in total. The third kappa shape index (κ3) is 9.09. The maximum absolute atomic E-state index is 14.0. The van der Waals surface area contributed by atoms with Crippen LogP contribution in [-0.4, -0.2) is 13.2 Å². The lowest BCUT2D eigenvalue weighted by molar-refractivity contribution is 0.146. The third-order valence-corrected chi connectivity index (χ3v) is 4.04. The van der Waals surface area contributed by atoms with E-state index in [0.29, 0.717) is 18.4 Å². The van der Waals surface area contributed by atoms with Gasteiger partial charge in [0.15, 0.2) is 11.5 Å². The molecule has 0 saturated carbocycles. The summed E-state index contributed by atoms with van der Waals surface area (Å²) >= 11 is 0. The second kappa shape index (κ2) is 13.0. The van der Waals surface area contributed by atoms with Gasteiger partial charge in [-0.3, -0.25) is 0 Å². The fourth-order valence-electron chi connectivity index (χ4n) is 2.64. The van der Waals surface area contributed by atoms with Gasteiger partial charge in [-0.25, -0.2) is 0 Å². The van der Waals surface area contributed by atoms with E-state index in [4.69, 9.17) is 9.47 Å². The van der Waals surface area contributed by atoms with Crippen molar-refractivity contribution in [2.45, 2.75) is 66.2 Å². The first kappa shape index (κ1) is 22.7. The van der Waals surface area contributed by atoms with Crippen molar-refractivity contribution >= 4 is 0 Å². The molecule has 2 unspecified atom stereocenters. The van der Waals surface area contributed by atoms with Crippen molar-refractivity contribution in [3.63, 3.8) is 0 Å². The lowest BCUT2D eigenvalue weighted by atomic mass is 9.92. The number of ether oxygens (including phenoxy) is 2. The zero-order chi connectivity index (χ0) is 18.5. The van der Waals surface area contributed by atoms with Crippen LogP contribution in [0.15, 0.2) is 36.3 Å². The summed E-state index contributed by atoms with van der Waals surface area (Å²) < 4.78 is 38.0. The van der Waals surface area contributed by atoms with Crippen molar-refractivity contribution in [3.05, 3.63) is 36.3 Å². The largest absolute Gasteiger partial charge is 0.491 e. The Labute approximate surface area is 146 Å². The minimum Gasteiger partial charge on any atom is -0.491 e. The van der Waals surface area contributed by atoms with Crippen LogP contribution in [0.2, 0.25) is 0 Å². The molecule has 0 bridgehead atoms. The highest BCUT2D eigenvalue weighted by Crippen LogP contribution is 2.26. The normalized spacial score (nSPS) is 14.6. The van der Waals surface area contributed by atoms with E-state index in [2.05, 4.69) is 33.9 Å². The van der Waals surface area contributed by atoms with Crippen molar-refractivity contribution in [2.24, 2.45) is 11.8 Å². The summed E-state index contributed by atoms with van der Waals surface area (Å²) in [5.74, 6) is -1.90. The molecule has 0 N–H and O–H groups in total. The number of halogens is 2. The van der Waals surface area contributed by atoms with E-state index in [1.807, 2.05) is 0 Å². The molecule has 0 amide bonds. The smallest absolute Gasteiger partial charge is 0.203 e. The van der Waals surface area contributed by atoms with E-state index in [0.717, 1.165) is 25.7 Å². The Bertz CT molecular complexity index is 416. The summed E-state index contributed by atoms with van der Waals surface area (Å²) in [5.41, 5.74) is 0. The first-order valence-corrected chi connectivity index (χ1v) is 9.06. The lowest BCUT2D eigenvalue weighted by Crippen LogP contribution is -2.11. The molecular weight excluding hydrogens is 310 g/mol. The molecule has 0 saturated heterocycles. The quantitative estimate of drug-likeness (QED) is 0.253. The van der Waals surface area contributed by atoms with E-state index in [9.17, 15) is 8.78 Å². The average Bonchev–Trinajstić information content (AvgIpc) is 2.56. The first-order chi connectivity index (χ1) is 11.4. The van der Waals surface area contributed by atoms with Crippen molar-refractivity contribution in [1.82, 2.24) is 0 Å². The highest BCUT2D eigenvalue weighted by Gasteiger charge is 2.17. The van der Waals surface area contributed by atoms with Crippen LogP contribution in [0, 0.1) is 11.8 Å². The maximum atomic E-state index is 14.0. The molecule has 0 aromatic rings. The molecule has 0 heterocycles. The molecule has 2 atom stereocenters. The topological polar surface area (TPSA) is 18.5 Å². The second-order valence-electron chi connectivity index (χ2n) is 6.34. The highest BCUT2D eigenvalue weighted by atomic mass is 19.2. The van der Waals surface area contributed by atoms with Gasteiger partial charge in [0.1, 0.15) is 0 Å². The van der Waals surface area contributed by atoms with Crippen LogP contribution in [0.5, 0.6) is 0 Å². The van der Waals surface area contributed by atoms with Gasteiger partial charge in [-0.15, -0.1) is 0 Å². The van der Waals surface area contributed by atoms with Gasteiger partial charge in [0, 0.05) is 0 Å². The Morgan fingerprint density at radius 3 is 1.88 bits per heavy atom. The van der Waals surface area contributed by atoms with Gasteiger partial charge in [0.2, 0.25) is 11.7 Å². The van der Waals surface area contributed by atoms with Gasteiger partial charge < -0.3 is 9.47 Å². The minimum absolute atomic E-state index is 0.224. The average molecular weight is 344 g/mol. The third-order valence-electron chi connectivity index (χ3n) is 4.04. The van der Waals surface area contributed by atoms with Gasteiger partial charge in [0.25, 0.3) is 0 Å². The van der Waals surface area contributed by atoms with Crippen molar-refractivity contribution in [3.8, 4) is 0 Å². The molecule has 0 radical (unpaired) electrons. The van der Waals surface area contributed by atoms with Crippen LogP contribution < -0.4 is 0 Å². The monoisotopic (exact) mass is 344 g/mol. The van der Waals surface area contributed by atoms with Gasteiger partial charge in [-0.2, -0.15) is 8.78 Å². The zero-order valence-corrected chi connectivity index (χ0v) is 15.8. The SMILES string of the molecule is C=C(OCC)/C(F)=C(/F)C(=C)OCC(CCC)CCC(C)CCC. The summed E-state index contributed by atoms with van der Waals surface area (Å²) in [6, 6.07) is 0. The Hall–Kier alpha value is -1.32.